The van der Waals surface area contributed by atoms with Crippen molar-refractivity contribution in [2.24, 2.45) is 0 Å². The number of nitrogens with zero attached hydrogens (tertiary/aromatic N) is 4. The van der Waals surface area contributed by atoms with E-state index in [4.69, 9.17) is 0 Å². The Hall–Kier alpha value is -4.52. The number of Topliss-reactive ketones (excluding diaryl/α,β-unsaturated/α-hetero) is 1. The van der Waals surface area contributed by atoms with E-state index in [1.165, 1.54) is 4.57 Å². The summed E-state index contributed by atoms with van der Waals surface area (Å²) in [7, 11) is 0. The van der Waals surface area contributed by atoms with Gasteiger partial charge in [0.1, 0.15) is 0 Å². The first-order valence-electron chi connectivity index (χ1n) is 11.4. The van der Waals surface area contributed by atoms with Gasteiger partial charge in [-0.3, -0.25) is 18.7 Å². The van der Waals surface area contributed by atoms with Crippen molar-refractivity contribution in [1.29, 1.82) is 0 Å². The van der Waals surface area contributed by atoms with E-state index in [9.17, 15) is 14.4 Å². The average molecular weight is 465 g/mol. The first kappa shape index (κ1) is 22.3. The van der Waals surface area contributed by atoms with Crippen LogP contribution in [0.15, 0.2) is 101 Å². The van der Waals surface area contributed by atoms with E-state index in [0.717, 1.165) is 21.3 Å². The molecule has 5 rings (SSSR count). The summed E-state index contributed by atoms with van der Waals surface area (Å²) >= 11 is 0. The summed E-state index contributed by atoms with van der Waals surface area (Å²) in [5.41, 5.74) is 2.88. The smallest absolute Gasteiger partial charge is 0.320 e. The molecule has 0 spiro atoms. The van der Waals surface area contributed by atoms with Crippen LogP contribution in [0.1, 0.15) is 27.0 Å². The molecule has 0 radical (unpaired) electrons. The summed E-state index contributed by atoms with van der Waals surface area (Å²) < 4.78 is 4.23. The Bertz CT molecular complexity index is 1610. The van der Waals surface area contributed by atoms with Gasteiger partial charge < -0.3 is 4.57 Å². The second-order valence-electron chi connectivity index (χ2n) is 8.57. The molecule has 0 bridgehead atoms. The van der Waals surface area contributed by atoms with Crippen LogP contribution in [0, 0.1) is 6.92 Å². The third-order valence-corrected chi connectivity index (χ3v) is 6.04. The predicted octanol–water partition coefficient (Wildman–Crippen LogP) is 3.65. The van der Waals surface area contributed by atoms with E-state index >= 15 is 0 Å². The van der Waals surface area contributed by atoms with Crippen molar-refractivity contribution in [3.63, 3.8) is 0 Å². The van der Waals surface area contributed by atoms with Crippen molar-refractivity contribution in [2.45, 2.75) is 26.6 Å². The van der Waals surface area contributed by atoms with Crippen molar-refractivity contribution in [3.05, 3.63) is 134 Å². The molecule has 0 fully saturated rings. The molecular weight excluding hydrogens is 440 g/mol. The van der Waals surface area contributed by atoms with Gasteiger partial charge in [-0.25, -0.2) is 9.78 Å². The van der Waals surface area contributed by atoms with Crippen LogP contribution in [-0.4, -0.2) is 24.5 Å². The lowest BCUT2D eigenvalue weighted by Gasteiger charge is -2.13. The zero-order valence-electron chi connectivity index (χ0n) is 19.3. The zero-order valence-corrected chi connectivity index (χ0v) is 19.3. The van der Waals surface area contributed by atoms with Gasteiger partial charge in [-0.1, -0.05) is 90.5 Å². The standard InChI is InChI=1S/C28H24N4O3/c1-20-12-14-23(15-13-20)24(33)18-32-27(34)25-26(29-19-30(25)16-21-8-4-2-5-9-21)31(28(32)35)17-22-10-6-3-7-11-22/h2-15,19H,16-18H2,1H3. The van der Waals surface area contributed by atoms with Gasteiger partial charge >= 0.3 is 5.69 Å². The number of ketones is 1. The van der Waals surface area contributed by atoms with E-state index < -0.39 is 11.2 Å². The number of hydrogen-bond acceptors (Lipinski definition) is 4. The molecule has 7 heteroatoms. The molecular formula is C28H24N4O3. The predicted molar refractivity (Wildman–Crippen MR) is 135 cm³/mol. The molecule has 0 aliphatic rings. The lowest BCUT2D eigenvalue weighted by Crippen LogP contribution is -2.42. The van der Waals surface area contributed by atoms with Gasteiger partial charge in [0.2, 0.25) is 0 Å². The van der Waals surface area contributed by atoms with Crippen LogP contribution in [0.25, 0.3) is 11.2 Å². The number of carbonyl (C=O) groups is 1. The second-order valence-corrected chi connectivity index (χ2v) is 8.57. The number of carbonyl (C=O) groups excluding carboxylic acids is 1. The average Bonchev–Trinajstić information content (AvgIpc) is 3.29. The number of aromatic nitrogens is 4. The van der Waals surface area contributed by atoms with E-state index in [2.05, 4.69) is 4.98 Å². The maximum atomic E-state index is 13.6. The summed E-state index contributed by atoms with van der Waals surface area (Å²) in [4.78, 5) is 44.6. The second kappa shape index (κ2) is 9.38. The highest BCUT2D eigenvalue weighted by atomic mass is 16.2. The molecule has 0 atom stereocenters. The summed E-state index contributed by atoms with van der Waals surface area (Å²) in [5.74, 6) is -0.302. The number of imidazole rings is 1. The Kier molecular flexibility index (Phi) is 5.97. The minimum atomic E-state index is -0.559. The molecule has 0 aliphatic carbocycles. The maximum Gasteiger partial charge on any atom is 0.333 e. The topological polar surface area (TPSA) is 78.9 Å². The molecule has 35 heavy (non-hydrogen) atoms. The van der Waals surface area contributed by atoms with Crippen LogP contribution in [0.4, 0.5) is 0 Å². The van der Waals surface area contributed by atoms with Crippen LogP contribution in [0.2, 0.25) is 0 Å². The van der Waals surface area contributed by atoms with Gasteiger partial charge in [0.05, 0.1) is 19.4 Å². The molecule has 3 aromatic carbocycles. The van der Waals surface area contributed by atoms with Gasteiger partial charge in [0.25, 0.3) is 5.56 Å². The van der Waals surface area contributed by atoms with Crippen LogP contribution < -0.4 is 11.2 Å². The highest BCUT2D eigenvalue weighted by Crippen LogP contribution is 2.13. The quantitative estimate of drug-likeness (QED) is 0.345. The number of hydrogen-bond donors (Lipinski definition) is 0. The fourth-order valence-corrected chi connectivity index (χ4v) is 4.16. The molecule has 2 heterocycles. The summed E-state index contributed by atoms with van der Waals surface area (Å²) in [6.45, 7) is 2.24. The molecule has 7 nitrogen and oxygen atoms in total. The molecule has 2 aromatic heterocycles. The minimum Gasteiger partial charge on any atom is -0.320 e. The highest BCUT2D eigenvalue weighted by molar-refractivity contribution is 5.96. The molecule has 0 saturated carbocycles. The van der Waals surface area contributed by atoms with Gasteiger partial charge in [0.15, 0.2) is 16.9 Å². The third-order valence-electron chi connectivity index (χ3n) is 6.04. The van der Waals surface area contributed by atoms with Crippen molar-refractivity contribution in [3.8, 4) is 0 Å². The lowest BCUT2D eigenvalue weighted by atomic mass is 10.1. The summed E-state index contributed by atoms with van der Waals surface area (Å²) in [6.07, 6.45) is 1.58. The van der Waals surface area contributed by atoms with Crippen LogP contribution in [-0.2, 0) is 19.6 Å². The SMILES string of the molecule is Cc1ccc(C(=O)Cn2c(=O)c3c(ncn3Cc3ccccc3)n(Cc3ccccc3)c2=O)cc1. The van der Waals surface area contributed by atoms with Gasteiger partial charge in [-0.15, -0.1) is 0 Å². The Labute approximate surface area is 201 Å². The summed E-state index contributed by atoms with van der Waals surface area (Å²) in [5, 5.41) is 0. The molecule has 0 amide bonds. The van der Waals surface area contributed by atoms with Crippen LogP contribution in [0.5, 0.6) is 0 Å². The molecule has 0 N–H and O–H groups in total. The van der Waals surface area contributed by atoms with E-state index in [-0.39, 0.29) is 18.9 Å². The Morgan fingerprint density at radius 3 is 2.00 bits per heavy atom. The first-order valence-corrected chi connectivity index (χ1v) is 11.4. The largest absolute Gasteiger partial charge is 0.333 e. The van der Waals surface area contributed by atoms with Crippen molar-refractivity contribution < 1.29 is 4.79 Å². The minimum absolute atomic E-state index is 0.234. The Balaban J connectivity index is 1.65. The summed E-state index contributed by atoms with van der Waals surface area (Å²) in [6, 6.07) is 26.3. The fourth-order valence-electron chi connectivity index (χ4n) is 4.16. The zero-order chi connectivity index (χ0) is 24.4. The van der Waals surface area contributed by atoms with Gasteiger partial charge in [0, 0.05) is 12.1 Å². The first-order chi connectivity index (χ1) is 17.0. The van der Waals surface area contributed by atoms with Crippen LogP contribution >= 0.6 is 0 Å². The maximum absolute atomic E-state index is 13.6. The van der Waals surface area contributed by atoms with Crippen molar-refractivity contribution in [2.75, 3.05) is 0 Å². The molecule has 0 unspecified atom stereocenters. The highest BCUT2D eigenvalue weighted by Gasteiger charge is 2.20. The van der Waals surface area contributed by atoms with Gasteiger partial charge in [-0.2, -0.15) is 0 Å². The number of aryl methyl sites for hydroxylation is 1. The Morgan fingerprint density at radius 2 is 1.37 bits per heavy atom. The monoisotopic (exact) mass is 464 g/mol. The van der Waals surface area contributed by atoms with Crippen LogP contribution in [0.3, 0.4) is 0 Å². The molecule has 5 aromatic rings. The van der Waals surface area contributed by atoms with E-state index in [1.54, 1.807) is 23.0 Å². The molecule has 0 saturated heterocycles. The van der Waals surface area contributed by atoms with Gasteiger partial charge in [-0.05, 0) is 18.1 Å². The normalized spacial score (nSPS) is 11.1. The molecule has 0 aliphatic heterocycles. The van der Waals surface area contributed by atoms with Crippen molar-refractivity contribution in [1.82, 2.24) is 18.7 Å². The third kappa shape index (κ3) is 4.48. The number of fused-ring (bicyclic) bond motifs is 1. The number of benzene rings is 3. The van der Waals surface area contributed by atoms with Crippen molar-refractivity contribution >= 4 is 16.9 Å². The van der Waals surface area contributed by atoms with E-state index in [0.29, 0.717) is 23.3 Å². The Morgan fingerprint density at radius 1 is 0.771 bits per heavy atom. The van der Waals surface area contributed by atoms with E-state index in [1.807, 2.05) is 79.7 Å². The fraction of sp³-hybridized carbons (Fsp3) is 0.143. The molecule has 174 valence electrons. The number of rotatable bonds is 7. The lowest BCUT2D eigenvalue weighted by molar-refractivity contribution is 0.0969.